The second-order valence-corrected chi connectivity index (χ2v) is 8.85. The molecule has 6 nitrogen and oxygen atoms in total. The number of hydrogen-bond acceptors (Lipinski definition) is 5. The van der Waals surface area contributed by atoms with Crippen molar-refractivity contribution in [1.82, 2.24) is 20.1 Å². The van der Waals surface area contributed by atoms with Crippen LogP contribution in [0.3, 0.4) is 0 Å². The molecule has 1 aromatic heterocycles. The van der Waals surface area contributed by atoms with E-state index < -0.39 is 11.4 Å². The van der Waals surface area contributed by atoms with Gasteiger partial charge in [-0.15, -0.1) is 10.2 Å². The molecule has 1 amide bonds. The van der Waals surface area contributed by atoms with E-state index in [1.165, 1.54) is 6.07 Å². The van der Waals surface area contributed by atoms with Gasteiger partial charge in [-0.2, -0.15) is 5.26 Å². The SMILES string of the molecule is CC(C#N)(NC(=O)CSc1nnc(-c2ccccc2Cl)n1-c1ccccc1F)C1CC1. The van der Waals surface area contributed by atoms with Crippen LogP contribution >= 0.6 is 23.4 Å². The summed E-state index contributed by atoms with van der Waals surface area (Å²) < 4.78 is 16.2. The van der Waals surface area contributed by atoms with Gasteiger partial charge in [0, 0.05) is 5.56 Å². The summed E-state index contributed by atoms with van der Waals surface area (Å²) >= 11 is 7.46. The maximum atomic E-state index is 14.7. The molecule has 0 spiro atoms. The molecule has 0 saturated heterocycles. The van der Waals surface area contributed by atoms with Crippen LogP contribution in [0, 0.1) is 23.1 Å². The molecule has 0 bridgehead atoms. The third-order valence-electron chi connectivity index (χ3n) is 5.20. The van der Waals surface area contributed by atoms with E-state index >= 15 is 0 Å². The van der Waals surface area contributed by atoms with Crippen LogP contribution in [0.1, 0.15) is 19.8 Å². The van der Waals surface area contributed by atoms with E-state index in [1.54, 1.807) is 47.9 Å². The van der Waals surface area contributed by atoms with Gasteiger partial charge in [-0.25, -0.2) is 4.39 Å². The number of halogens is 2. The Morgan fingerprint density at radius 3 is 2.68 bits per heavy atom. The first-order valence-corrected chi connectivity index (χ1v) is 11.1. The molecule has 0 aliphatic heterocycles. The highest BCUT2D eigenvalue weighted by atomic mass is 35.5. The van der Waals surface area contributed by atoms with E-state index in [0.717, 1.165) is 24.6 Å². The Kier molecular flexibility index (Phi) is 5.99. The Morgan fingerprint density at radius 2 is 2.00 bits per heavy atom. The maximum Gasteiger partial charge on any atom is 0.231 e. The van der Waals surface area contributed by atoms with Crippen LogP contribution in [0.15, 0.2) is 53.7 Å². The molecule has 3 aromatic rings. The van der Waals surface area contributed by atoms with Crippen LogP contribution in [0.5, 0.6) is 0 Å². The highest BCUT2D eigenvalue weighted by Crippen LogP contribution is 2.39. The lowest BCUT2D eigenvalue weighted by atomic mass is 9.98. The van der Waals surface area contributed by atoms with E-state index in [1.807, 2.05) is 6.07 Å². The van der Waals surface area contributed by atoms with E-state index in [2.05, 4.69) is 21.6 Å². The van der Waals surface area contributed by atoms with Gasteiger partial charge in [0.15, 0.2) is 11.0 Å². The van der Waals surface area contributed by atoms with Crippen LogP contribution in [0.2, 0.25) is 5.02 Å². The molecule has 1 aliphatic rings. The standard InChI is InChI=1S/C22H19ClFN5OS/c1-22(13-25,14-10-11-14)26-19(30)12-31-21-28-27-20(15-6-2-3-7-16(15)23)29(21)18-9-5-4-8-17(18)24/h2-9,14H,10-12H2,1H3,(H,26,30). The lowest BCUT2D eigenvalue weighted by molar-refractivity contribution is -0.119. The first-order valence-electron chi connectivity index (χ1n) is 9.73. The van der Waals surface area contributed by atoms with Crippen molar-refractivity contribution in [2.45, 2.75) is 30.5 Å². The van der Waals surface area contributed by atoms with Gasteiger partial charge in [0.05, 0.1) is 22.5 Å². The summed E-state index contributed by atoms with van der Waals surface area (Å²) in [4.78, 5) is 12.5. The summed E-state index contributed by atoms with van der Waals surface area (Å²) in [7, 11) is 0. The minimum atomic E-state index is -0.875. The van der Waals surface area contributed by atoms with Gasteiger partial charge in [-0.3, -0.25) is 9.36 Å². The van der Waals surface area contributed by atoms with Gasteiger partial charge in [0.25, 0.3) is 0 Å². The summed E-state index contributed by atoms with van der Waals surface area (Å²) in [6.45, 7) is 1.74. The number of rotatable bonds is 7. The van der Waals surface area contributed by atoms with Crippen molar-refractivity contribution in [3.63, 3.8) is 0 Å². The van der Waals surface area contributed by atoms with Crippen molar-refractivity contribution >= 4 is 29.3 Å². The van der Waals surface area contributed by atoms with Crippen molar-refractivity contribution in [3.05, 3.63) is 59.4 Å². The molecule has 4 rings (SSSR count). The summed E-state index contributed by atoms with van der Waals surface area (Å²) in [6, 6.07) is 15.6. The molecule has 1 N–H and O–H groups in total. The van der Waals surface area contributed by atoms with Crippen molar-refractivity contribution in [1.29, 1.82) is 5.26 Å². The molecule has 31 heavy (non-hydrogen) atoms. The third-order valence-corrected chi connectivity index (χ3v) is 6.46. The number of thioether (sulfide) groups is 1. The molecule has 1 fully saturated rings. The second kappa shape index (κ2) is 8.69. The highest BCUT2D eigenvalue weighted by molar-refractivity contribution is 7.99. The first kappa shape index (κ1) is 21.3. The maximum absolute atomic E-state index is 14.7. The zero-order chi connectivity index (χ0) is 22.0. The summed E-state index contributed by atoms with van der Waals surface area (Å²) in [6.07, 6.45) is 1.86. The molecular formula is C22H19ClFN5OS. The predicted octanol–water partition coefficient (Wildman–Crippen LogP) is 4.63. The van der Waals surface area contributed by atoms with Gasteiger partial charge in [0.1, 0.15) is 11.4 Å². The van der Waals surface area contributed by atoms with Crippen molar-refractivity contribution < 1.29 is 9.18 Å². The van der Waals surface area contributed by atoms with E-state index in [4.69, 9.17) is 11.6 Å². The number of hydrogen-bond donors (Lipinski definition) is 1. The predicted molar refractivity (Wildman–Crippen MR) is 117 cm³/mol. The van der Waals surface area contributed by atoms with Gasteiger partial charge in [-0.1, -0.05) is 47.6 Å². The fourth-order valence-corrected chi connectivity index (χ4v) is 4.33. The molecule has 1 aliphatic carbocycles. The van der Waals surface area contributed by atoms with E-state index in [-0.39, 0.29) is 23.3 Å². The van der Waals surface area contributed by atoms with Crippen molar-refractivity contribution in [2.24, 2.45) is 5.92 Å². The average molecular weight is 456 g/mol. The minimum Gasteiger partial charge on any atom is -0.337 e. The number of aromatic nitrogens is 3. The van der Waals surface area contributed by atoms with Gasteiger partial charge >= 0.3 is 0 Å². The number of para-hydroxylation sites is 1. The molecule has 9 heteroatoms. The fourth-order valence-electron chi connectivity index (χ4n) is 3.37. The van der Waals surface area contributed by atoms with E-state index in [0.29, 0.717) is 21.6 Å². The lowest BCUT2D eigenvalue weighted by Gasteiger charge is -2.22. The molecular weight excluding hydrogens is 437 g/mol. The van der Waals surface area contributed by atoms with Crippen molar-refractivity contribution in [2.75, 3.05) is 5.75 Å². The smallest absolute Gasteiger partial charge is 0.231 e. The second-order valence-electron chi connectivity index (χ2n) is 7.50. The number of carbonyl (C=O) groups is 1. The zero-order valence-electron chi connectivity index (χ0n) is 16.7. The summed E-state index contributed by atoms with van der Waals surface area (Å²) in [5, 5.41) is 21.5. The largest absolute Gasteiger partial charge is 0.337 e. The summed E-state index contributed by atoms with van der Waals surface area (Å²) in [5.74, 6) is -0.172. The van der Waals surface area contributed by atoms with Gasteiger partial charge in [-0.05, 0) is 49.9 Å². The monoisotopic (exact) mass is 455 g/mol. The Balaban J connectivity index is 1.64. The van der Waals surface area contributed by atoms with Gasteiger partial charge < -0.3 is 5.32 Å². The number of carbonyl (C=O) groups excluding carboxylic acids is 1. The number of nitriles is 1. The Hall–Kier alpha value is -2.89. The van der Waals surface area contributed by atoms with Crippen LogP contribution in [-0.2, 0) is 4.79 Å². The molecule has 2 aromatic carbocycles. The summed E-state index contributed by atoms with van der Waals surface area (Å²) in [5.41, 5.74) is -0.0215. The van der Waals surface area contributed by atoms with Crippen LogP contribution in [0.25, 0.3) is 17.1 Å². The third kappa shape index (κ3) is 4.43. The Labute approximate surface area is 188 Å². The normalized spacial score (nSPS) is 15.2. The van der Waals surface area contributed by atoms with Crippen LogP contribution in [-0.4, -0.2) is 32.0 Å². The van der Waals surface area contributed by atoms with Crippen LogP contribution < -0.4 is 5.32 Å². The Bertz CT molecular complexity index is 1170. The molecule has 1 unspecified atom stereocenters. The van der Waals surface area contributed by atoms with Crippen molar-refractivity contribution in [3.8, 4) is 23.1 Å². The highest BCUT2D eigenvalue weighted by Gasteiger charge is 2.43. The topological polar surface area (TPSA) is 83.6 Å². The molecule has 0 radical (unpaired) electrons. The van der Waals surface area contributed by atoms with E-state index in [9.17, 15) is 14.4 Å². The average Bonchev–Trinajstić information content (AvgIpc) is 3.54. The number of amides is 1. The van der Waals surface area contributed by atoms with Gasteiger partial charge in [0.2, 0.25) is 5.91 Å². The zero-order valence-corrected chi connectivity index (χ0v) is 18.3. The molecule has 1 atom stereocenters. The number of nitrogens with zero attached hydrogens (tertiary/aromatic N) is 4. The number of benzene rings is 2. The molecule has 1 saturated carbocycles. The quantitative estimate of drug-likeness (QED) is 0.525. The number of nitrogens with one attached hydrogen (secondary N) is 1. The minimum absolute atomic E-state index is 0.0130. The van der Waals surface area contributed by atoms with Crippen LogP contribution in [0.4, 0.5) is 4.39 Å². The first-order chi connectivity index (χ1) is 14.9. The lowest BCUT2D eigenvalue weighted by Crippen LogP contribution is -2.47. The molecule has 158 valence electrons. The Morgan fingerprint density at radius 1 is 1.29 bits per heavy atom. The molecule has 1 heterocycles. The fraction of sp³-hybridized carbons (Fsp3) is 0.273.